The maximum absolute atomic E-state index is 5.55. The van der Waals surface area contributed by atoms with Crippen LogP contribution in [0.3, 0.4) is 0 Å². The van der Waals surface area contributed by atoms with Crippen LogP contribution in [0.15, 0.2) is 27.7 Å². The van der Waals surface area contributed by atoms with E-state index < -0.39 is 0 Å². The quantitative estimate of drug-likeness (QED) is 0.861. The Balaban J connectivity index is 2.19. The predicted molar refractivity (Wildman–Crippen MR) is 49.9 cm³/mol. The third-order valence-electron chi connectivity index (χ3n) is 1.57. The number of hydrogen-bond acceptors (Lipinski definition) is 4. The van der Waals surface area contributed by atoms with Gasteiger partial charge in [0.05, 0.1) is 17.2 Å². The number of hydrogen-bond donors (Lipinski definition) is 1. The first-order valence-electron chi connectivity index (χ1n) is 3.62. The summed E-state index contributed by atoms with van der Waals surface area (Å²) in [5.74, 6) is 0.483. The minimum atomic E-state index is 0.483. The Labute approximate surface area is 82.6 Å². The van der Waals surface area contributed by atoms with Crippen LogP contribution in [0.5, 0.6) is 0 Å². The van der Waals surface area contributed by atoms with Crippen LogP contribution >= 0.6 is 15.9 Å². The standard InChI is InChI=1S/C7H7BrN4O/c8-6-3-12(11-7(6)9)2-5-1-10-13-4-5/h1,3-4H,2H2,(H2,9,11). The van der Waals surface area contributed by atoms with Gasteiger partial charge in [-0.1, -0.05) is 5.16 Å². The van der Waals surface area contributed by atoms with Crippen LogP contribution < -0.4 is 5.73 Å². The molecule has 0 unspecified atom stereocenters. The fourth-order valence-corrected chi connectivity index (χ4v) is 1.30. The first-order valence-corrected chi connectivity index (χ1v) is 4.41. The molecule has 2 aromatic heterocycles. The van der Waals surface area contributed by atoms with E-state index in [1.54, 1.807) is 17.1 Å². The van der Waals surface area contributed by atoms with Gasteiger partial charge >= 0.3 is 0 Å². The van der Waals surface area contributed by atoms with E-state index in [1.165, 1.54) is 0 Å². The van der Waals surface area contributed by atoms with Gasteiger partial charge in [0.15, 0.2) is 5.82 Å². The summed E-state index contributed by atoms with van der Waals surface area (Å²) < 4.78 is 7.20. The van der Waals surface area contributed by atoms with Gasteiger partial charge in [-0.2, -0.15) is 5.10 Å². The molecule has 0 saturated carbocycles. The van der Waals surface area contributed by atoms with Crippen LogP contribution in [-0.2, 0) is 6.54 Å². The summed E-state index contributed by atoms with van der Waals surface area (Å²) in [6, 6.07) is 0. The van der Waals surface area contributed by atoms with Crippen molar-refractivity contribution in [2.45, 2.75) is 6.54 Å². The molecule has 2 heterocycles. The van der Waals surface area contributed by atoms with Crippen molar-refractivity contribution in [2.24, 2.45) is 0 Å². The summed E-state index contributed by atoms with van der Waals surface area (Å²) in [5, 5.41) is 7.65. The Morgan fingerprint density at radius 3 is 3.00 bits per heavy atom. The van der Waals surface area contributed by atoms with Gasteiger partial charge < -0.3 is 10.3 Å². The lowest BCUT2D eigenvalue weighted by atomic mass is 10.4. The molecule has 0 aliphatic carbocycles. The van der Waals surface area contributed by atoms with Crippen molar-refractivity contribution in [1.82, 2.24) is 14.9 Å². The fourth-order valence-electron chi connectivity index (χ4n) is 0.985. The molecule has 2 N–H and O–H groups in total. The molecule has 13 heavy (non-hydrogen) atoms. The molecule has 0 atom stereocenters. The molecule has 0 aromatic carbocycles. The molecule has 68 valence electrons. The van der Waals surface area contributed by atoms with Crippen LogP contribution in [0.25, 0.3) is 0 Å². The highest BCUT2D eigenvalue weighted by atomic mass is 79.9. The van der Waals surface area contributed by atoms with E-state index in [2.05, 4.69) is 30.7 Å². The average molecular weight is 243 g/mol. The van der Waals surface area contributed by atoms with Gasteiger partial charge in [0.1, 0.15) is 6.26 Å². The van der Waals surface area contributed by atoms with Crippen molar-refractivity contribution < 1.29 is 4.52 Å². The second-order valence-corrected chi connectivity index (χ2v) is 3.45. The molecule has 5 nitrogen and oxygen atoms in total. The molecule has 2 aromatic rings. The van der Waals surface area contributed by atoms with Gasteiger partial charge in [-0.25, -0.2) is 0 Å². The largest absolute Gasteiger partial charge is 0.381 e. The van der Waals surface area contributed by atoms with Crippen LogP contribution in [0.4, 0.5) is 5.82 Å². The molecule has 0 saturated heterocycles. The summed E-state index contributed by atoms with van der Waals surface area (Å²) in [7, 11) is 0. The molecule has 0 fully saturated rings. The Morgan fingerprint density at radius 2 is 2.46 bits per heavy atom. The number of aromatic nitrogens is 3. The van der Waals surface area contributed by atoms with E-state index in [-0.39, 0.29) is 0 Å². The number of halogens is 1. The molecule has 0 amide bonds. The highest BCUT2D eigenvalue weighted by Gasteiger charge is 2.03. The van der Waals surface area contributed by atoms with E-state index in [1.807, 2.05) is 6.20 Å². The number of nitrogens with zero attached hydrogens (tertiary/aromatic N) is 3. The molecular formula is C7H7BrN4O. The molecule has 0 aliphatic heterocycles. The van der Waals surface area contributed by atoms with Gasteiger partial charge in [-0.05, 0) is 15.9 Å². The van der Waals surface area contributed by atoms with Crippen molar-refractivity contribution in [3.05, 3.63) is 28.7 Å². The third kappa shape index (κ3) is 1.72. The molecule has 0 bridgehead atoms. The van der Waals surface area contributed by atoms with Crippen LogP contribution in [0, 0.1) is 0 Å². The van der Waals surface area contributed by atoms with Gasteiger partial charge in [0.25, 0.3) is 0 Å². The Bertz CT molecular complexity index is 375. The molecule has 0 aliphatic rings. The second kappa shape index (κ2) is 3.21. The van der Waals surface area contributed by atoms with Crippen LogP contribution in [0.2, 0.25) is 0 Å². The summed E-state index contributed by atoms with van der Waals surface area (Å²) >= 11 is 3.27. The number of nitrogen functional groups attached to an aromatic ring is 1. The first kappa shape index (κ1) is 8.31. The zero-order valence-corrected chi connectivity index (χ0v) is 8.23. The smallest absolute Gasteiger partial charge is 0.159 e. The van der Waals surface area contributed by atoms with Gasteiger partial charge in [0, 0.05) is 11.8 Å². The number of rotatable bonds is 2. The lowest BCUT2D eigenvalue weighted by Crippen LogP contribution is -1.99. The average Bonchev–Trinajstić information content (AvgIpc) is 2.64. The maximum atomic E-state index is 5.55. The van der Waals surface area contributed by atoms with Crippen LogP contribution in [-0.4, -0.2) is 14.9 Å². The second-order valence-electron chi connectivity index (χ2n) is 2.59. The van der Waals surface area contributed by atoms with Gasteiger partial charge in [-0.15, -0.1) is 0 Å². The van der Waals surface area contributed by atoms with E-state index in [4.69, 9.17) is 5.73 Å². The minimum absolute atomic E-state index is 0.483. The van der Waals surface area contributed by atoms with Crippen molar-refractivity contribution >= 4 is 21.7 Å². The summed E-state index contributed by atoms with van der Waals surface area (Å²) in [6.07, 6.45) is 5.03. The van der Waals surface area contributed by atoms with E-state index in [9.17, 15) is 0 Å². The SMILES string of the molecule is Nc1nn(Cc2cnoc2)cc1Br. The van der Waals surface area contributed by atoms with Crippen molar-refractivity contribution in [2.75, 3.05) is 5.73 Å². The molecule has 6 heteroatoms. The van der Waals surface area contributed by atoms with Gasteiger partial charge in [-0.3, -0.25) is 4.68 Å². The van der Waals surface area contributed by atoms with Crippen molar-refractivity contribution in [3.63, 3.8) is 0 Å². The lowest BCUT2D eigenvalue weighted by Gasteiger charge is -1.94. The van der Waals surface area contributed by atoms with E-state index >= 15 is 0 Å². The highest BCUT2D eigenvalue weighted by molar-refractivity contribution is 9.10. The topological polar surface area (TPSA) is 69.9 Å². The van der Waals surface area contributed by atoms with E-state index in [0.717, 1.165) is 10.0 Å². The normalized spacial score (nSPS) is 10.5. The zero-order chi connectivity index (χ0) is 9.26. The summed E-state index contributed by atoms with van der Waals surface area (Å²) in [5.41, 5.74) is 6.51. The van der Waals surface area contributed by atoms with Crippen molar-refractivity contribution in [3.8, 4) is 0 Å². The molecule has 0 radical (unpaired) electrons. The van der Waals surface area contributed by atoms with Crippen LogP contribution in [0.1, 0.15) is 5.56 Å². The molecule has 0 spiro atoms. The predicted octanol–water partition coefficient (Wildman–Crippen LogP) is 1.26. The Hall–Kier alpha value is -1.30. The lowest BCUT2D eigenvalue weighted by molar-refractivity contribution is 0.418. The zero-order valence-electron chi connectivity index (χ0n) is 6.64. The minimum Gasteiger partial charge on any atom is -0.381 e. The molecular weight excluding hydrogens is 236 g/mol. The Kier molecular flexibility index (Phi) is 2.05. The summed E-state index contributed by atoms with van der Waals surface area (Å²) in [6.45, 7) is 0.610. The number of anilines is 1. The Morgan fingerprint density at radius 1 is 1.62 bits per heavy atom. The molecule has 2 rings (SSSR count). The van der Waals surface area contributed by atoms with E-state index in [0.29, 0.717) is 12.4 Å². The highest BCUT2D eigenvalue weighted by Crippen LogP contribution is 2.16. The summed E-state index contributed by atoms with van der Waals surface area (Å²) in [4.78, 5) is 0. The third-order valence-corrected chi connectivity index (χ3v) is 2.18. The fraction of sp³-hybridized carbons (Fsp3) is 0.143. The first-order chi connectivity index (χ1) is 6.25. The van der Waals surface area contributed by atoms with Crippen molar-refractivity contribution in [1.29, 1.82) is 0 Å². The number of nitrogens with two attached hydrogens (primary N) is 1. The maximum Gasteiger partial charge on any atom is 0.159 e. The van der Waals surface area contributed by atoms with Gasteiger partial charge in [0.2, 0.25) is 0 Å². The monoisotopic (exact) mass is 242 g/mol.